The van der Waals surface area contributed by atoms with Crippen molar-refractivity contribution in [3.05, 3.63) is 0 Å². The predicted molar refractivity (Wildman–Crippen MR) is 86.4 cm³/mol. The van der Waals surface area contributed by atoms with Gasteiger partial charge >= 0.3 is 6.03 Å². The van der Waals surface area contributed by atoms with Gasteiger partial charge in [0.1, 0.15) is 0 Å². The lowest BCUT2D eigenvalue weighted by atomic mass is 10.0. The molecule has 21 heavy (non-hydrogen) atoms. The first-order valence-electron chi connectivity index (χ1n) is 8.01. The molecule has 6 heteroatoms. The van der Waals surface area contributed by atoms with E-state index in [1.165, 1.54) is 0 Å². The molecular weight excluding hydrogens is 286 g/mol. The lowest BCUT2D eigenvalue weighted by Gasteiger charge is -2.16. The van der Waals surface area contributed by atoms with Crippen LogP contribution in [0.3, 0.4) is 0 Å². The van der Waals surface area contributed by atoms with Gasteiger partial charge in [0.25, 0.3) is 0 Å². The zero-order valence-corrected chi connectivity index (χ0v) is 13.8. The fourth-order valence-corrected chi connectivity index (χ4v) is 4.41. The van der Waals surface area contributed by atoms with Crippen LogP contribution < -0.4 is 16.0 Å². The van der Waals surface area contributed by atoms with Crippen LogP contribution in [0, 0.1) is 5.92 Å². The number of fused-ring (bicyclic) bond motifs is 1. The van der Waals surface area contributed by atoms with Gasteiger partial charge < -0.3 is 16.0 Å². The van der Waals surface area contributed by atoms with E-state index in [4.69, 9.17) is 0 Å². The zero-order chi connectivity index (χ0) is 15.2. The summed E-state index contributed by atoms with van der Waals surface area (Å²) >= 11 is 1.93. The van der Waals surface area contributed by atoms with E-state index in [1.807, 2.05) is 11.8 Å². The monoisotopic (exact) mass is 313 g/mol. The second kappa shape index (κ2) is 7.92. The Morgan fingerprint density at radius 1 is 1.38 bits per heavy atom. The molecular formula is C15H27N3O2S. The van der Waals surface area contributed by atoms with Crippen LogP contribution >= 0.6 is 11.8 Å². The Bertz CT molecular complexity index is 376. The van der Waals surface area contributed by atoms with E-state index in [9.17, 15) is 9.59 Å². The minimum absolute atomic E-state index is 0.0279. The van der Waals surface area contributed by atoms with E-state index in [0.717, 1.165) is 38.0 Å². The van der Waals surface area contributed by atoms with Crippen LogP contribution in [0.5, 0.6) is 0 Å². The van der Waals surface area contributed by atoms with Crippen LogP contribution in [0.4, 0.5) is 4.79 Å². The van der Waals surface area contributed by atoms with Crippen LogP contribution in [0.25, 0.3) is 0 Å². The lowest BCUT2D eigenvalue weighted by Crippen LogP contribution is -2.36. The molecule has 2 saturated heterocycles. The molecule has 2 heterocycles. The van der Waals surface area contributed by atoms with Crippen molar-refractivity contribution in [2.45, 2.75) is 63.3 Å². The third-order valence-corrected chi connectivity index (χ3v) is 5.63. The van der Waals surface area contributed by atoms with E-state index in [1.54, 1.807) is 0 Å². The molecule has 0 aromatic heterocycles. The van der Waals surface area contributed by atoms with Crippen molar-refractivity contribution in [2.75, 3.05) is 12.3 Å². The number of hydrogen-bond donors (Lipinski definition) is 3. The minimum Gasteiger partial charge on any atom is -0.356 e. The van der Waals surface area contributed by atoms with Crippen molar-refractivity contribution in [3.63, 3.8) is 0 Å². The smallest absolute Gasteiger partial charge is 0.315 e. The van der Waals surface area contributed by atoms with Crippen LogP contribution in [0.2, 0.25) is 0 Å². The van der Waals surface area contributed by atoms with E-state index in [-0.39, 0.29) is 18.0 Å². The van der Waals surface area contributed by atoms with Crippen LogP contribution in [0.15, 0.2) is 0 Å². The first-order chi connectivity index (χ1) is 10.1. The Kier molecular flexibility index (Phi) is 6.21. The number of nitrogens with one attached hydrogen (secondary N) is 3. The van der Waals surface area contributed by atoms with Gasteiger partial charge in [0.15, 0.2) is 0 Å². The molecule has 3 unspecified atom stereocenters. The van der Waals surface area contributed by atoms with Gasteiger partial charge in [0.05, 0.1) is 12.1 Å². The maximum Gasteiger partial charge on any atom is 0.315 e. The maximum atomic E-state index is 11.7. The molecule has 0 saturated carbocycles. The van der Waals surface area contributed by atoms with Gasteiger partial charge in [-0.05, 0) is 25.2 Å². The maximum absolute atomic E-state index is 11.7. The molecule has 2 rings (SSSR count). The predicted octanol–water partition coefficient (Wildman–Crippen LogP) is 1.87. The van der Waals surface area contributed by atoms with Crippen LogP contribution in [-0.4, -0.2) is 41.6 Å². The topological polar surface area (TPSA) is 70.2 Å². The summed E-state index contributed by atoms with van der Waals surface area (Å²) in [6, 6.07) is 0.550. The summed E-state index contributed by atoms with van der Waals surface area (Å²) in [5.41, 5.74) is 0. The highest BCUT2D eigenvalue weighted by Crippen LogP contribution is 2.33. The average Bonchev–Trinajstić information content (AvgIpc) is 2.94. The zero-order valence-electron chi connectivity index (χ0n) is 13.0. The molecule has 0 aromatic rings. The second-order valence-corrected chi connectivity index (χ2v) is 7.67. The summed E-state index contributed by atoms with van der Waals surface area (Å²) in [4.78, 5) is 22.9. The van der Waals surface area contributed by atoms with Crippen molar-refractivity contribution in [2.24, 2.45) is 5.92 Å². The number of hydrogen-bond acceptors (Lipinski definition) is 3. The van der Waals surface area contributed by atoms with Gasteiger partial charge in [-0.2, -0.15) is 11.8 Å². The molecule has 0 radical (unpaired) electrons. The first-order valence-corrected chi connectivity index (χ1v) is 9.06. The summed E-state index contributed by atoms with van der Waals surface area (Å²) < 4.78 is 0. The fraction of sp³-hybridized carbons (Fsp3) is 0.867. The summed E-state index contributed by atoms with van der Waals surface area (Å²) in [6.45, 7) is 5.11. The van der Waals surface area contributed by atoms with Crippen molar-refractivity contribution in [1.82, 2.24) is 16.0 Å². The first kappa shape index (κ1) is 16.5. The largest absolute Gasteiger partial charge is 0.356 e. The summed E-state index contributed by atoms with van der Waals surface area (Å²) in [5.74, 6) is 1.81. The van der Waals surface area contributed by atoms with Crippen LogP contribution in [-0.2, 0) is 4.79 Å². The minimum atomic E-state index is -0.0279. The molecule has 3 amide bonds. The number of thioether (sulfide) groups is 1. The Morgan fingerprint density at radius 2 is 2.19 bits per heavy atom. The van der Waals surface area contributed by atoms with E-state index in [2.05, 4.69) is 29.8 Å². The molecule has 3 N–H and O–H groups in total. The summed E-state index contributed by atoms with van der Waals surface area (Å²) in [6.07, 6.45) is 4.72. The van der Waals surface area contributed by atoms with Gasteiger partial charge in [0, 0.05) is 24.0 Å². The van der Waals surface area contributed by atoms with Gasteiger partial charge in [-0.1, -0.05) is 20.3 Å². The molecule has 3 atom stereocenters. The molecule has 5 nitrogen and oxygen atoms in total. The third-order valence-electron chi connectivity index (χ3n) is 4.12. The number of amides is 3. The summed E-state index contributed by atoms with van der Waals surface area (Å²) in [5, 5.41) is 9.43. The van der Waals surface area contributed by atoms with Gasteiger partial charge in [-0.15, -0.1) is 0 Å². The summed E-state index contributed by atoms with van der Waals surface area (Å²) in [7, 11) is 0. The van der Waals surface area contributed by atoms with Crippen molar-refractivity contribution in [3.8, 4) is 0 Å². The molecule has 0 bridgehead atoms. The fourth-order valence-electron chi connectivity index (χ4n) is 2.86. The van der Waals surface area contributed by atoms with Gasteiger partial charge in [-0.3, -0.25) is 4.79 Å². The second-order valence-electron chi connectivity index (χ2n) is 6.40. The van der Waals surface area contributed by atoms with E-state index >= 15 is 0 Å². The third kappa shape index (κ3) is 5.09. The quantitative estimate of drug-likeness (QED) is 0.473. The Labute approximate surface area is 131 Å². The molecule has 2 aliphatic heterocycles. The van der Waals surface area contributed by atoms with Gasteiger partial charge in [0.2, 0.25) is 5.91 Å². The van der Waals surface area contributed by atoms with Crippen molar-refractivity contribution >= 4 is 23.7 Å². The highest BCUT2D eigenvalue weighted by Gasteiger charge is 2.42. The molecule has 0 aromatic carbocycles. The molecule has 2 fully saturated rings. The number of unbranched alkanes of at least 4 members (excludes halogenated alkanes) is 1. The van der Waals surface area contributed by atoms with E-state index < -0.39 is 0 Å². The molecule has 0 aliphatic carbocycles. The highest BCUT2D eigenvalue weighted by atomic mass is 32.2. The van der Waals surface area contributed by atoms with Gasteiger partial charge in [-0.25, -0.2) is 4.79 Å². The normalized spacial score (nSPS) is 27.4. The number of urea groups is 1. The number of carbonyl (C=O) groups is 2. The Hall–Kier alpha value is -0.910. The lowest BCUT2D eigenvalue weighted by molar-refractivity contribution is -0.121. The van der Waals surface area contributed by atoms with Crippen molar-refractivity contribution < 1.29 is 9.59 Å². The standard InChI is InChI=1S/C15H27N3O2S/c1-10(2)7-8-16-13(19)6-4-3-5-12-14-11(9-21-12)17-15(20)18-14/h10-12,14H,3-9H2,1-2H3,(H,16,19)(H2,17,18,20). The Morgan fingerprint density at radius 3 is 2.95 bits per heavy atom. The molecule has 120 valence electrons. The SMILES string of the molecule is CC(C)CCNC(=O)CCCCC1SCC2NC(=O)NC21. The number of carbonyl (C=O) groups excluding carboxylic acids is 2. The average molecular weight is 313 g/mol. The number of rotatable bonds is 8. The van der Waals surface area contributed by atoms with E-state index in [0.29, 0.717) is 23.6 Å². The van der Waals surface area contributed by atoms with Crippen LogP contribution in [0.1, 0.15) is 46.0 Å². The Balaban J connectivity index is 1.54. The van der Waals surface area contributed by atoms with Crippen molar-refractivity contribution in [1.29, 1.82) is 0 Å². The molecule has 2 aliphatic rings. The highest BCUT2D eigenvalue weighted by molar-refractivity contribution is 8.00. The molecule has 0 spiro atoms.